The molecule has 5 nitrogen and oxygen atoms in total. The molecule has 1 saturated carbocycles. The fourth-order valence-electron chi connectivity index (χ4n) is 4.57. The van der Waals surface area contributed by atoms with Gasteiger partial charge in [0, 0.05) is 49.0 Å². The van der Waals surface area contributed by atoms with Crippen LogP contribution in [0.1, 0.15) is 48.0 Å². The standard InChI is InChI=1S/C25H31N3O2/c1-19-7-5-6-10-23(19)24(29)26-21-11-13-22(14-12-21)27-15-17-28(18-16-27)25(30)20-8-3-2-4-9-20/h5-7,10-14,20H,2-4,8-9,15-18H2,1H3,(H,26,29). The average Bonchev–Trinajstić information content (AvgIpc) is 2.80. The summed E-state index contributed by atoms with van der Waals surface area (Å²) in [6.45, 7) is 5.24. The van der Waals surface area contributed by atoms with Crippen LogP contribution in [-0.4, -0.2) is 42.9 Å². The molecule has 30 heavy (non-hydrogen) atoms. The van der Waals surface area contributed by atoms with Crippen molar-refractivity contribution in [2.45, 2.75) is 39.0 Å². The number of nitrogens with one attached hydrogen (secondary N) is 1. The molecule has 2 aliphatic rings. The van der Waals surface area contributed by atoms with Crippen molar-refractivity contribution in [2.24, 2.45) is 5.92 Å². The van der Waals surface area contributed by atoms with Gasteiger partial charge in [0.15, 0.2) is 0 Å². The molecule has 2 aromatic rings. The van der Waals surface area contributed by atoms with E-state index >= 15 is 0 Å². The predicted octanol–water partition coefficient (Wildman–Crippen LogP) is 4.48. The summed E-state index contributed by atoms with van der Waals surface area (Å²) < 4.78 is 0. The van der Waals surface area contributed by atoms with Crippen molar-refractivity contribution < 1.29 is 9.59 Å². The van der Waals surface area contributed by atoms with Crippen molar-refractivity contribution in [3.63, 3.8) is 0 Å². The molecule has 1 aliphatic heterocycles. The van der Waals surface area contributed by atoms with Gasteiger partial charge in [-0.25, -0.2) is 0 Å². The monoisotopic (exact) mass is 405 g/mol. The molecule has 158 valence electrons. The smallest absolute Gasteiger partial charge is 0.255 e. The lowest BCUT2D eigenvalue weighted by atomic mass is 9.88. The molecule has 0 spiro atoms. The molecule has 0 aromatic heterocycles. The first-order valence-corrected chi connectivity index (χ1v) is 11.1. The molecule has 2 aromatic carbocycles. The third kappa shape index (κ3) is 4.66. The fraction of sp³-hybridized carbons (Fsp3) is 0.440. The van der Waals surface area contributed by atoms with Gasteiger partial charge in [-0.3, -0.25) is 9.59 Å². The van der Waals surface area contributed by atoms with Crippen LogP contribution in [-0.2, 0) is 4.79 Å². The van der Waals surface area contributed by atoms with Crippen LogP contribution in [0, 0.1) is 12.8 Å². The van der Waals surface area contributed by atoms with Crippen LogP contribution in [0.3, 0.4) is 0 Å². The number of carbonyl (C=O) groups is 2. The Morgan fingerprint density at radius 3 is 2.20 bits per heavy atom. The van der Waals surface area contributed by atoms with Gasteiger partial charge in [-0.05, 0) is 55.7 Å². The van der Waals surface area contributed by atoms with Crippen LogP contribution in [0.2, 0.25) is 0 Å². The van der Waals surface area contributed by atoms with E-state index in [0.29, 0.717) is 11.5 Å². The number of hydrogen-bond donors (Lipinski definition) is 1. The van der Waals surface area contributed by atoms with E-state index in [2.05, 4.69) is 15.1 Å². The Morgan fingerprint density at radius 2 is 1.53 bits per heavy atom. The zero-order valence-electron chi connectivity index (χ0n) is 17.8. The molecule has 0 atom stereocenters. The van der Waals surface area contributed by atoms with Crippen molar-refractivity contribution in [1.29, 1.82) is 0 Å². The number of aryl methyl sites for hydroxylation is 1. The molecule has 2 fully saturated rings. The highest BCUT2D eigenvalue weighted by Crippen LogP contribution is 2.27. The summed E-state index contributed by atoms with van der Waals surface area (Å²) in [7, 11) is 0. The number of rotatable bonds is 4. The molecule has 0 unspecified atom stereocenters. The first-order valence-electron chi connectivity index (χ1n) is 11.1. The number of nitrogens with zero attached hydrogens (tertiary/aromatic N) is 2. The van der Waals surface area contributed by atoms with E-state index in [-0.39, 0.29) is 11.8 Å². The molecule has 1 N–H and O–H groups in total. The van der Waals surface area contributed by atoms with Gasteiger partial charge < -0.3 is 15.1 Å². The Morgan fingerprint density at radius 1 is 0.867 bits per heavy atom. The van der Waals surface area contributed by atoms with E-state index < -0.39 is 0 Å². The maximum Gasteiger partial charge on any atom is 0.255 e. The molecular formula is C25H31N3O2. The number of carbonyl (C=O) groups excluding carboxylic acids is 2. The van der Waals surface area contributed by atoms with Gasteiger partial charge in [-0.2, -0.15) is 0 Å². The highest BCUT2D eigenvalue weighted by molar-refractivity contribution is 6.05. The second-order valence-corrected chi connectivity index (χ2v) is 8.46. The minimum absolute atomic E-state index is 0.0873. The van der Waals surface area contributed by atoms with Crippen LogP contribution in [0.15, 0.2) is 48.5 Å². The predicted molar refractivity (Wildman–Crippen MR) is 121 cm³/mol. The summed E-state index contributed by atoms with van der Waals surface area (Å²) in [6.07, 6.45) is 5.80. The van der Waals surface area contributed by atoms with Crippen molar-refractivity contribution in [2.75, 3.05) is 36.4 Å². The van der Waals surface area contributed by atoms with Gasteiger partial charge >= 0.3 is 0 Å². The minimum atomic E-state index is -0.0873. The van der Waals surface area contributed by atoms with Crippen LogP contribution >= 0.6 is 0 Å². The van der Waals surface area contributed by atoms with Crippen molar-refractivity contribution >= 4 is 23.2 Å². The summed E-state index contributed by atoms with van der Waals surface area (Å²) in [5.74, 6) is 0.528. The molecule has 0 radical (unpaired) electrons. The molecule has 1 aliphatic carbocycles. The molecule has 5 heteroatoms. The number of hydrogen-bond acceptors (Lipinski definition) is 3. The Balaban J connectivity index is 1.31. The molecule has 4 rings (SSSR count). The molecule has 0 bridgehead atoms. The van der Waals surface area contributed by atoms with Crippen LogP contribution in [0.5, 0.6) is 0 Å². The summed E-state index contributed by atoms with van der Waals surface area (Å²) in [4.78, 5) is 29.6. The molecule has 1 saturated heterocycles. The van der Waals surface area contributed by atoms with Gasteiger partial charge in [0.1, 0.15) is 0 Å². The Labute approximate surface area is 179 Å². The summed E-state index contributed by atoms with van der Waals surface area (Å²) in [6, 6.07) is 15.6. The van der Waals surface area contributed by atoms with E-state index in [9.17, 15) is 9.59 Å². The lowest BCUT2D eigenvalue weighted by Crippen LogP contribution is -2.50. The van der Waals surface area contributed by atoms with Crippen LogP contribution in [0.25, 0.3) is 0 Å². The fourth-order valence-corrected chi connectivity index (χ4v) is 4.57. The second-order valence-electron chi connectivity index (χ2n) is 8.46. The van der Waals surface area contributed by atoms with E-state index in [1.54, 1.807) is 0 Å². The maximum absolute atomic E-state index is 12.8. The Hall–Kier alpha value is -2.82. The van der Waals surface area contributed by atoms with E-state index in [4.69, 9.17) is 0 Å². The highest BCUT2D eigenvalue weighted by atomic mass is 16.2. The van der Waals surface area contributed by atoms with Crippen LogP contribution < -0.4 is 10.2 Å². The van der Waals surface area contributed by atoms with E-state index in [1.807, 2.05) is 55.5 Å². The molecular weight excluding hydrogens is 374 g/mol. The lowest BCUT2D eigenvalue weighted by molar-refractivity contribution is -0.136. The number of amides is 2. The number of benzene rings is 2. The quantitative estimate of drug-likeness (QED) is 0.816. The van der Waals surface area contributed by atoms with Gasteiger partial charge in [0.2, 0.25) is 5.91 Å². The minimum Gasteiger partial charge on any atom is -0.368 e. The molecule has 2 amide bonds. The van der Waals surface area contributed by atoms with Gasteiger partial charge in [0.05, 0.1) is 0 Å². The SMILES string of the molecule is Cc1ccccc1C(=O)Nc1ccc(N2CCN(C(=O)C3CCCCC3)CC2)cc1. The zero-order chi connectivity index (χ0) is 20.9. The Bertz CT molecular complexity index is 880. The van der Waals surface area contributed by atoms with Gasteiger partial charge in [-0.15, -0.1) is 0 Å². The summed E-state index contributed by atoms with van der Waals surface area (Å²) in [5, 5.41) is 2.98. The topological polar surface area (TPSA) is 52.7 Å². The first-order chi connectivity index (χ1) is 14.6. The zero-order valence-corrected chi connectivity index (χ0v) is 17.8. The third-order valence-corrected chi connectivity index (χ3v) is 6.43. The van der Waals surface area contributed by atoms with Crippen LogP contribution in [0.4, 0.5) is 11.4 Å². The van der Waals surface area contributed by atoms with Crippen molar-refractivity contribution in [3.05, 3.63) is 59.7 Å². The van der Waals surface area contributed by atoms with Gasteiger partial charge in [0.25, 0.3) is 5.91 Å². The summed E-state index contributed by atoms with van der Waals surface area (Å²) in [5.41, 5.74) is 3.58. The maximum atomic E-state index is 12.8. The normalized spacial score (nSPS) is 17.6. The van der Waals surface area contributed by atoms with Crippen molar-refractivity contribution in [3.8, 4) is 0 Å². The lowest BCUT2D eigenvalue weighted by Gasteiger charge is -2.38. The first kappa shape index (κ1) is 20.5. The highest BCUT2D eigenvalue weighted by Gasteiger charge is 2.28. The number of anilines is 2. The summed E-state index contributed by atoms with van der Waals surface area (Å²) >= 11 is 0. The van der Waals surface area contributed by atoms with E-state index in [1.165, 1.54) is 19.3 Å². The number of piperazine rings is 1. The Kier molecular flexibility index (Phi) is 6.36. The van der Waals surface area contributed by atoms with Gasteiger partial charge in [-0.1, -0.05) is 37.5 Å². The molecule has 1 heterocycles. The second kappa shape index (κ2) is 9.33. The van der Waals surface area contributed by atoms with Crippen molar-refractivity contribution in [1.82, 2.24) is 4.90 Å². The largest absolute Gasteiger partial charge is 0.368 e. The van der Waals surface area contributed by atoms with E-state index in [0.717, 1.165) is 56.0 Å². The third-order valence-electron chi connectivity index (χ3n) is 6.43. The average molecular weight is 406 g/mol.